The van der Waals surface area contributed by atoms with Crippen molar-refractivity contribution in [2.24, 2.45) is 10.9 Å². The summed E-state index contributed by atoms with van der Waals surface area (Å²) in [6.07, 6.45) is 5.52. The maximum atomic E-state index is 12.5. The highest BCUT2D eigenvalue weighted by molar-refractivity contribution is 5.81. The van der Waals surface area contributed by atoms with E-state index in [-0.39, 0.29) is 12.0 Å². The lowest BCUT2D eigenvalue weighted by molar-refractivity contribution is -0.134. The number of nitrogens with one attached hydrogen (secondary N) is 2. The van der Waals surface area contributed by atoms with E-state index >= 15 is 0 Å². The first-order valence-electron chi connectivity index (χ1n) is 9.38. The summed E-state index contributed by atoms with van der Waals surface area (Å²) >= 11 is 0. The Morgan fingerprint density at radius 2 is 2.08 bits per heavy atom. The first-order valence-corrected chi connectivity index (χ1v) is 9.38. The minimum absolute atomic E-state index is 0.267. The van der Waals surface area contributed by atoms with Crippen molar-refractivity contribution in [3.63, 3.8) is 0 Å². The maximum absolute atomic E-state index is 12.5. The van der Waals surface area contributed by atoms with Crippen LogP contribution in [0.2, 0.25) is 0 Å². The average Bonchev–Trinajstić information content (AvgIpc) is 3.32. The topological polar surface area (TPSA) is 69.9 Å². The molecule has 25 heavy (non-hydrogen) atoms. The summed E-state index contributed by atoms with van der Waals surface area (Å²) in [6.45, 7) is 6.24. The Hall–Kier alpha value is -1.98. The van der Waals surface area contributed by atoms with Gasteiger partial charge in [-0.15, -0.1) is 0 Å². The zero-order chi connectivity index (χ0) is 17.8. The van der Waals surface area contributed by atoms with E-state index in [0.717, 1.165) is 55.4 Å². The molecular weight excluding hydrogens is 316 g/mol. The molecule has 138 valence electrons. The summed E-state index contributed by atoms with van der Waals surface area (Å²) in [6, 6.07) is 2.32. The molecule has 1 aliphatic heterocycles. The van der Waals surface area contributed by atoms with E-state index in [1.54, 1.807) is 7.05 Å². The second-order valence-electron chi connectivity index (χ2n) is 7.26. The van der Waals surface area contributed by atoms with E-state index in [4.69, 9.17) is 4.42 Å². The van der Waals surface area contributed by atoms with Gasteiger partial charge in [-0.2, -0.15) is 0 Å². The van der Waals surface area contributed by atoms with Gasteiger partial charge in [-0.25, -0.2) is 0 Å². The number of nitrogens with zero attached hydrogens (tertiary/aromatic N) is 2. The van der Waals surface area contributed by atoms with E-state index in [9.17, 15) is 4.79 Å². The molecule has 1 aromatic heterocycles. The molecule has 0 aromatic carbocycles. The minimum Gasteiger partial charge on any atom is -0.466 e. The third-order valence-corrected chi connectivity index (χ3v) is 5.36. The Labute approximate surface area is 150 Å². The average molecular weight is 346 g/mol. The number of amides is 1. The molecule has 2 aliphatic rings. The molecule has 1 saturated carbocycles. The van der Waals surface area contributed by atoms with E-state index < -0.39 is 0 Å². The van der Waals surface area contributed by atoms with E-state index in [0.29, 0.717) is 12.5 Å². The fraction of sp³-hybridized carbons (Fsp3) is 0.684. The van der Waals surface area contributed by atoms with Crippen LogP contribution in [0.25, 0.3) is 0 Å². The molecule has 3 rings (SSSR count). The van der Waals surface area contributed by atoms with Crippen LogP contribution >= 0.6 is 0 Å². The van der Waals surface area contributed by atoms with Crippen LogP contribution in [0.5, 0.6) is 0 Å². The van der Waals surface area contributed by atoms with Crippen molar-refractivity contribution < 1.29 is 9.21 Å². The van der Waals surface area contributed by atoms with Crippen molar-refractivity contribution >= 4 is 11.9 Å². The number of carbonyl (C=O) groups excluding carboxylic acids is 1. The summed E-state index contributed by atoms with van der Waals surface area (Å²) in [5.41, 5.74) is 1.14. The van der Waals surface area contributed by atoms with Gasteiger partial charge in [0, 0.05) is 44.2 Å². The van der Waals surface area contributed by atoms with Gasteiger partial charge in [0.05, 0.1) is 0 Å². The Morgan fingerprint density at radius 1 is 1.32 bits per heavy atom. The third-order valence-electron chi connectivity index (χ3n) is 5.36. The first-order chi connectivity index (χ1) is 12.1. The summed E-state index contributed by atoms with van der Waals surface area (Å²) < 4.78 is 5.56. The largest absolute Gasteiger partial charge is 0.466 e. The van der Waals surface area contributed by atoms with E-state index in [2.05, 4.69) is 15.6 Å². The van der Waals surface area contributed by atoms with Gasteiger partial charge in [-0.05, 0) is 39.2 Å². The molecule has 1 amide bonds. The van der Waals surface area contributed by atoms with Crippen LogP contribution in [-0.2, 0) is 11.3 Å². The van der Waals surface area contributed by atoms with Crippen molar-refractivity contribution in [3.05, 3.63) is 23.2 Å². The number of aryl methyl sites for hydroxylation is 2. The molecule has 1 saturated heterocycles. The maximum Gasteiger partial charge on any atom is 0.225 e. The number of guanidine groups is 1. The van der Waals surface area contributed by atoms with Gasteiger partial charge in [0.25, 0.3) is 0 Å². The molecule has 2 heterocycles. The summed E-state index contributed by atoms with van der Waals surface area (Å²) in [5.74, 6) is 3.26. The second-order valence-corrected chi connectivity index (χ2v) is 7.26. The van der Waals surface area contributed by atoms with Gasteiger partial charge in [0.15, 0.2) is 5.96 Å². The number of hydrogen-bond donors (Lipinski definition) is 2. The molecule has 0 spiro atoms. The van der Waals surface area contributed by atoms with Crippen molar-refractivity contribution in [2.45, 2.75) is 58.5 Å². The Balaban J connectivity index is 1.47. The molecule has 1 aliphatic carbocycles. The number of furan rings is 1. The third kappa shape index (κ3) is 4.35. The quantitative estimate of drug-likeness (QED) is 0.649. The molecule has 1 atom stereocenters. The smallest absolute Gasteiger partial charge is 0.225 e. The SMILES string of the molecule is CN=C(NCc1cc(C)oc1C)NC1CCN(C(=O)C2CCCC2)C1. The van der Waals surface area contributed by atoms with Gasteiger partial charge in [0.2, 0.25) is 5.91 Å². The molecule has 6 nitrogen and oxygen atoms in total. The monoisotopic (exact) mass is 346 g/mol. The van der Waals surface area contributed by atoms with Gasteiger partial charge in [-0.3, -0.25) is 9.79 Å². The number of hydrogen-bond acceptors (Lipinski definition) is 3. The van der Waals surface area contributed by atoms with Crippen LogP contribution in [0.1, 0.15) is 49.2 Å². The zero-order valence-electron chi connectivity index (χ0n) is 15.6. The molecule has 2 fully saturated rings. The Bertz CT molecular complexity index is 631. The summed E-state index contributed by atoms with van der Waals surface area (Å²) in [5, 5.41) is 6.79. The van der Waals surface area contributed by atoms with Crippen LogP contribution in [0.4, 0.5) is 0 Å². The molecule has 6 heteroatoms. The second kappa shape index (κ2) is 7.93. The predicted octanol–water partition coefficient (Wildman–Crippen LogP) is 2.35. The van der Waals surface area contributed by atoms with Gasteiger partial charge >= 0.3 is 0 Å². The summed E-state index contributed by atoms with van der Waals surface area (Å²) in [7, 11) is 1.78. The number of likely N-dealkylation sites (tertiary alicyclic amines) is 1. The van der Waals surface area contributed by atoms with E-state index in [1.165, 1.54) is 12.8 Å². The lowest BCUT2D eigenvalue weighted by Crippen LogP contribution is -2.45. The first kappa shape index (κ1) is 17.8. The lowest BCUT2D eigenvalue weighted by atomic mass is 10.1. The normalized spacial score (nSPS) is 21.8. The van der Waals surface area contributed by atoms with Crippen molar-refractivity contribution in [2.75, 3.05) is 20.1 Å². The minimum atomic E-state index is 0.267. The van der Waals surface area contributed by atoms with Crippen molar-refractivity contribution in [1.82, 2.24) is 15.5 Å². The number of aliphatic imine (C=N–C) groups is 1. The molecule has 1 aromatic rings. The number of carbonyl (C=O) groups is 1. The van der Waals surface area contributed by atoms with Crippen LogP contribution in [0.3, 0.4) is 0 Å². The van der Waals surface area contributed by atoms with Gasteiger partial charge in [-0.1, -0.05) is 12.8 Å². The van der Waals surface area contributed by atoms with Crippen LogP contribution in [-0.4, -0.2) is 42.9 Å². The number of rotatable bonds is 4. The van der Waals surface area contributed by atoms with Crippen LogP contribution < -0.4 is 10.6 Å². The van der Waals surface area contributed by atoms with Gasteiger partial charge < -0.3 is 20.0 Å². The fourth-order valence-corrected chi connectivity index (χ4v) is 3.94. The van der Waals surface area contributed by atoms with E-state index in [1.807, 2.05) is 24.8 Å². The predicted molar refractivity (Wildman–Crippen MR) is 98.5 cm³/mol. The molecular formula is C19H30N4O2. The molecule has 0 bridgehead atoms. The molecule has 2 N–H and O–H groups in total. The molecule has 1 unspecified atom stereocenters. The highest BCUT2D eigenvalue weighted by Crippen LogP contribution is 2.27. The van der Waals surface area contributed by atoms with Crippen LogP contribution in [0.15, 0.2) is 15.5 Å². The fourth-order valence-electron chi connectivity index (χ4n) is 3.94. The molecule has 0 radical (unpaired) electrons. The standard InChI is InChI=1S/C19H30N4O2/c1-13-10-16(14(2)25-13)11-21-19(20-3)22-17-8-9-23(12-17)18(24)15-6-4-5-7-15/h10,15,17H,4-9,11-12H2,1-3H3,(H2,20,21,22). The summed E-state index contributed by atoms with van der Waals surface area (Å²) in [4.78, 5) is 18.9. The Morgan fingerprint density at radius 3 is 2.72 bits per heavy atom. The van der Waals surface area contributed by atoms with Gasteiger partial charge in [0.1, 0.15) is 11.5 Å². The lowest BCUT2D eigenvalue weighted by Gasteiger charge is -2.21. The highest BCUT2D eigenvalue weighted by Gasteiger charge is 2.32. The Kier molecular flexibility index (Phi) is 5.66. The van der Waals surface area contributed by atoms with Crippen LogP contribution in [0, 0.1) is 19.8 Å². The zero-order valence-corrected chi connectivity index (χ0v) is 15.6. The van der Waals surface area contributed by atoms with Crippen molar-refractivity contribution in [1.29, 1.82) is 0 Å². The highest BCUT2D eigenvalue weighted by atomic mass is 16.3. The van der Waals surface area contributed by atoms with Crippen molar-refractivity contribution in [3.8, 4) is 0 Å².